The molecule has 158 valence electrons. The fourth-order valence-electron chi connectivity index (χ4n) is 4.02. The number of nitrogens with zero attached hydrogens (tertiary/aromatic N) is 2. The fraction of sp³-hybridized carbons (Fsp3) is 0.696. The molecule has 0 aromatic heterocycles. The van der Waals surface area contributed by atoms with Gasteiger partial charge in [-0.3, -0.25) is 9.89 Å². The first-order valence-electron chi connectivity index (χ1n) is 11.1. The highest BCUT2D eigenvalue weighted by atomic mass is 16.3. The Labute approximate surface area is 171 Å². The number of nitrogens with one attached hydrogen (secondary N) is 2. The molecule has 1 aliphatic heterocycles. The molecular weight excluding hydrogens is 348 g/mol. The van der Waals surface area contributed by atoms with Gasteiger partial charge in [0.1, 0.15) is 0 Å². The van der Waals surface area contributed by atoms with E-state index in [4.69, 9.17) is 4.99 Å². The van der Waals surface area contributed by atoms with Gasteiger partial charge in [0.2, 0.25) is 0 Å². The largest absolute Gasteiger partial charge is 0.396 e. The zero-order valence-electron chi connectivity index (χ0n) is 18.0. The molecule has 0 saturated carbocycles. The van der Waals surface area contributed by atoms with E-state index in [2.05, 4.69) is 66.6 Å². The molecule has 1 heterocycles. The third-order valence-corrected chi connectivity index (χ3v) is 5.79. The molecule has 1 aromatic carbocycles. The number of guanidine groups is 1. The molecule has 1 saturated heterocycles. The molecule has 2 atom stereocenters. The molecule has 1 fully saturated rings. The van der Waals surface area contributed by atoms with Crippen molar-refractivity contribution in [2.45, 2.75) is 65.0 Å². The fourth-order valence-corrected chi connectivity index (χ4v) is 4.02. The smallest absolute Gasteiger partial charge is 0.191 e. The number of benzene rings is 1. The van der Waals surface area contributed by atoms with Crippen molar-refractivity contribution in [1.29, 1.82) is 0 Å². The first kappa shape index (κ1) is 22.7. The molecule has 2 rings (SSSR count). The van der Waals surface area contributed by atoms with Crippen LogP contribution in [0.3, 0.4) is 0 Å². The summed E-state index contributed by atoms with van der Waals surface area (Å²) in [5.41, 5.74) is 1.40. The van der Waals surface area contributed by atoms with E-state index in [9.17, 15) is 5.11 Å². The Balaban J connectivity index is 1.85. The summed E-state index contributed by atoms with van der Waals surface area (Å²) < 4.78 is 0. The minimum atomic E-state index is 0.252. The number of hydrogen-bond donors (Lipinski definition) is 3. The van der Waals surface area contributed by atoms with Crippen molar-refractivity contribution in [2.24, 2.45) is 10.9 Å². The summed E-state index contributed by atoms with van der Waals surface area (Å²) in [6, 6.07) is 11.7. The van der Waals surface area contributed by atoms with Crippen LogP contribution in [0.25, 0.3) is 0 Å². The number of piperidine rings is 1. The number of aliphatic hydroxyl groups is 1. The molecule has 0 bridgehead atoms. The van der Waals surface area contributed by atoms with Crippen molar-refractivity contribution >= 4 is 5.96 Å². The maximum Gasteiger partial charge on any atom is 0.191 e. The van der Waals surface area contributed by atoms with Gasteiger partial charge in [-0.1, -0.05) is 43.7 Å². The molecule has 2 unspecified atom stereocenters. The second-order valence-corrected chi connectivity index (χ2v) is 7.93. The van der Waals surface area contributed by atoms with E-state index in [1.807, 2.05) is 0 Å². The Hall–Kier alpha value is -1.59. The van der Waals surface area contributed by atoms with Crippen molar-refractivity contribution in [3.63, 3.8) is 0 Å². The molecule has 5 nitrogen and oxygen atoms in total. The molecule has 0 amide bonds. The maximum absolute atomic E-state index is 9.26. The molecule has 1 aromatic rings. The predicted octanol–water partition coefficient (Wildman–Crippen LogP) is 3.57. The highest BCUT2D eigenvalue weighted by Gasteiger charge is 2.24. The highest BCUT2D eigenvalue weighted by Crippen LogP contribution is 2.24. The number of hydrogen-bond acceptors (Lipinski definition) is 3. The average molecular weight is 389 g/mol. The summed E-state index contributed by atoms with van der Waals surface area (Å²) in [6.45, 7) is 10.7. The third-order valence-electron chi connectivity index (χ3n) is 5.79. The normalized spacial score (nSPS) is 18.6. The van der Waals surface area contributed by atoms with Crippen LogP contribution in [0.1, 0.15) is 64.5 Å². The van der Waals surface area contributed by atoms with Crippen LogP contribution in [-0.4, -0.2) is 54.8 Å². The highest BCUT2D eigenvalue weighted by molar-refractivity contribution is 5.80. The van der Waals surface area contributed by atoms with Crippen LogP contribution < -0.4 is 10.6 Å². The zero-order valence-corrected chi connectivity index (χ0v) is 18.0. The van der Waals surface area contributed by atoms with Gasteiger partial charge in [0.15, 0.2) is 5.96 Å². The van der Waals surface area contributed by atoms with Crippen LogP contribution in [0.15, 0.2) is 35.3 Å². The Kier molecular flexibility index (Phi) is 10.4. The molecule has 5 heteroatoms. The Bertz CT molecular complexity index is 549. The summed E-state index contributed by atoms with van der Waals surface area (Å²) >= 11 is 0. The lowest BCUT2D eigenvalue weighted by atomic mass is 10.00. The van der Waals surface area contributed by atoms with Crippen LogP contribution in [0.5, 0.6) is 0 Å². The van der Waals surface area contributed by atoms with Crippen molar-refractivity contribution in [3.8, 4) is 0 Å². The van der Waals surface area contributed by atoms with Gasteiger partial charge in [-0.2, -0.15) is 0 Å². The van der Waals surface area contributed by atoms with Crippen LogP contribution in [0.4, 0.5) is 0 Å². The molecule has 28 heavy (non-hydrogen) atoms. The second-order valence-electron chi connectivity index (χ2n) is 7.93. The van der Waals surface area contributed by atoms with Gasteiger partial charge in [0.25, 0.3) is 0 Å². The van der Waals surface area contributed by atoms with E-state index in [1.54, 1.807) is 0 Å². The standard InChI is InChI=1S/C23H40N4O/c1-4-9-20(14-17-28)18-25-23(24-5-2)26-22-12-15-27(16-13-22)19(3)21-10-7-6-8-11-21/h6-8,10-11,19-20,22,28H,4-5,9,12-18H2,1-3H3,(H2,24,25,26). The van der Waals surface area contributed by atoms with Crippen molar-refractivity contribution in [3.05, 3.63) is 35.9 Å². The van der Waals surface area contributed by atoms with E-state index >= 15 is 0 Å². The SMILES string of the molecule is CCCC(CCO)CN=C(NCC)NC1CCN(C(C)c2ccccc2)CC1. The van der Waals surface area contributed by atoms with E-state index in [1.165, 1.54) is 5.56 Å². The lowest BCUT2D eigenvalue weighted by Gasteiger charge is -2.37. The summed E-state index contributed by atoms with van der Waals surface area (Å²) in [7, 11) is 0. The van der Waals surface area contributed by atoms with Gasteiger partial charge >= 0.3 is 0 Å². The first-order valence-corrected chi connectivity index (χ1v) is 11.1. The van der Waals surface area contributed by atoms with Gasteiger partial charge < -0.3 is 15.7 Å². The minimum absolute atomic E-state index is 0.252. The third kappa shape index (κ3) is 7.44. The summed E-state index contributed by atoms with van der Waals surface area (Å²) in [6.07, 6.45) is 5.38. The first-order chi connectivity index (χ1) is 13.7. The number of rotatable bonds is 10. The molecule has 0 spiro atoms. The monoisotopic (exact) mass is 388 g/mol. The summed E-state index contributed by atoms with van der Waals surface area (Å²) in [4.78, 5) is 7.40. The number of likely N-dealkylation sites (tertiary alicyclic amines) is 1. The Morgan fingerprint density at radius 1 is 1.18 bits per heavy atom. The van der Waals surface area contributed by atoms with Gasteiger partial charge in [0.05, 0.1) is 0 Å². The van der Waals surface area contributed by atoms with Gasteiger partial charge in [0, 0.05) is 44.9 Å². The lowest BCUT2D eigenvalue weighted by molar-refractivity contribution is 0.158. The minimum Gasteiger partial charge on any atom is -0.396 e. The van der Waals surface area contributed by atoms with Crippen LogP contribution in [-0.2, 0) is 0 Å². The molecule has 1 aliphatic rings. The van der Waals surface area contributed by atoms with Crippen LogP contribution >= 0.6 is 0 Å². The predicted molar refractivity (Wildman–Crippen MR) is 119 cm³/mol. The molecular formula is C23H40N4O. The van der Waals surface area contributed by atoms with Gasteiger partial charge in [-0.15, -0.1) is 0 Å². The number of aliphatic imine (C=N–C) groups is 1. The summed E-state index contributed by atoms with van der Waals surface area (Å²) in [5, 5.41) is 16.3. The van der Waals surface area contributed by atoms with Crippen molar-refractivity contribution < 1.29 is 5.11 Å². The lowest BCUT2D eigenvalue weighted by Crippen LogP contribution is -2.49. The second kappa shape index (κ2) is 12.8. The van der Waals surface area contributed by atoms with E-state index < -0.39 is 0 Å². The maximum atomic E-state index is 9.26. The van der Waals surface area contributed by atoms with Crippen molar-refractivity contribution in [1.82, 2.24) is 15.5 Å². The molecule has 0 aliphatic carbocycles. The Morgan fingerprint density at radius 2 is 1.89 bits per heavy atom. The molecule has 3 N–H and O–H groups in total. The number of aliphatic hydroxyl groups excluding tert-OH is 1. The van der Waals surface area contributed by atoms with Gasteiger partial charge in [-0.05, 0) is 51.0 Å². The van der Waals surface area contributed by atoms with E-state index in [0.29, 0.717) is 18.0 Å². The topological polar surface area (TPSA) is 59.9 Å². The average Bonchev–Trinajstić information content (AvgIpc) is 2.73. The quantitative estimate of drug-likeness (QED) is 0.424. The van der Waals surface area contributed by atoms with E-state index in [0.717, 1.165) is 64.2 Å². The van der Waals surface area contributed by atoms with Gasteiger partial charge in [-0.25, -0.2) is 0 Å². The summed E-state index contributed by atoms with van der Waals surface area (Å²) in [5.74, 6) is 1.40. The zero-order chi connectivity index (χ0) is 20.2. The Morgan fingerprint density at radius 3 is 2.50 bits per heavy atom. The van der Waals surface area contributed by atoms with Crippen LogP contribution in [0.2, 0.25) is 0 Å². The van der Waals surface area contributed by atoms with Crippen molar-refractivity contribution in [2.75, 3.05) is 32.8 Å². The van der Waals surface area contributed by atoms with E-state index in [-0.39, 0.29) is 6.61 Å². The molecule has 0 radical (unpaired) electrons. The van der Waals surface area contributed by atoms with Crippen LogP contribution in [0, 0.1) is 5.92 Å².